The van der Waals surface area contributed by atoms with Crippen molar-refractivity contribution in [3.63, 3.8) is 0 Å². The summed E-state index contributed by atoms with van der Waals surface area (Å²) in [5.41, 5.74) is 3.27. The molecular weight excluding hydrogens is 326 g/mol. The van der Waals surface area contributed by atoms with Crippen molar-refractivity contribution in [2.75, 3.05) is 23.7 Å². The monoisotopic (exact) mass is 353 g/mol. The highest BCUT2D eigenvalue weighted by atomic mass is 16.2. The topological polar surface area (TPSA) is 61.4 Å². The van der Waals surface area contributed by atoms with E-state index in [1.54, 1.807) is 6.07 Å². The fourth-order valence-corrected chi connectivity index (χ4v) is 2.99. The van der Waals surface area contributed by atoms with E-state index in [-0.39, 0.29) is 17.9 Å². The molecule has 5 heteroatoms. The lowest BCUT2D eigenvalue weighted by Crippen LogP contribution is -2.37. The Hall–Kier alpha value is -2.66. The van der Waals surface area contributed by atoms with Crippen LogP contribution in [0.3, 0.4) is 0 Å². The molecule has 0 fully saturated rings. The highest BCUT2D eigenvalue weighted by Gasteiger charge is 2.26. The van der Waals surface area contributed by atoms with Crippen molar-refractivity contribution in [3.05, 3.63) is 59.7 Å². The van der Waals surface area contributed by atoms with Crippen LogP contribution in [-0.4, -0.2) is 29.8 Å². The molecule has 26 heavy (non-hydrogen) atoms. The van der Waals surface area contributed by atoms with E-state index < -0.39 is 0 Å². The number of benzene rings is 2. The number of carbonyl (C=O) groups is 2. The third-order valence-electron chi connectivity index (χ3n) is 4.36. The third kappa shape index (κ3) is 4.92. The van der Waals surface area contributed by atoms with Crippen molar-refractivity contribution in [1.82, 2.24) is 4.90 Å². The van der Waals surface area contributed by atoms with Gasteiger partial charge < -0.3 is 10.6 Å². The second kappa shape index (κ2) is 9.15. The van der Waals surface area contributed by atoms with Gasteiger partial charge >= 0.3 is 0 Å². The van der Waals surface area contributed by atoms with Gasteiger partial charge in [-0.05, 0) is 43.3 Å². The predicted octanol–water partition coefficient (Wildman–Crippen LogP) is 3.98. The molecule has 2 aromatic rings. The molecule has 0 aromatic heterocycles. The van der Waals surface area contributed by atoms with Gasteiger partial charge in [0.05, 0.1) is 0 Å². The number of aryl methyl sites for hydroxylation is 1. The van der Waals surface area contributed by atoms with E-state index in [0.717, 1.165) is 24.2 Å². The third-order valence-corrected chi connectivity index (χ3v) is 4.36. The maximum Gasteiger partial charge on any atom is 0.246 e. The quantitative estimate of drug-likeness (QED) is 0.791. The second-order valence-corrected chi connectivity index (χ2v) is 6.23. The zero-order valence-electron chi connectivity index (χ0n) is 15.9. The molecule has 0 spiro atoms. The molecule has 138 valence electrons. The molecule has 2 rings (SSSR count). The number of likely N-dealkylation sites (N-methyl/N-ethyl adjacent to an activating group) is 1. The van der Waals surface area contributed by atoms with Crippen molar-refractivity contribution in [1.29, 1.82) is 0 Å². The molecule has 5 nitrogen and oxygen atoms in total. The zero-order valence-corrected chi connectivity index (χ0v) is 15.9. The summed E-state index contributed by atoms with van der Waals surface area (Å²) >= 11 is 0. The average Bonchev–Trinajstić information content (AvgIpc) is 2.62. The molecule has 0 unspecified atom stereocenters. The molecule has 0 bridgehead atoms. The van der Waals surface area contributed by atoms with E-state index in [4.69, 9.17) is 0 Å². The fraction of sp³-hybridized carbons (Fsp3) is 0.333. The lowest BCUT2D eigenvalue weighted by Gasteiger charge is -2.29. The molecule has 2 aromatic carbocycles. The normalized spacial score (nSPS) is 11.9. The zero-order chi connectivity index (χ0) is 19.1. The average molecular weight is 353 g/mol. The Bertz CT molecular complexity index is 755. The first kappa shape index (κ1) is 19.7. The minimum atomic E-state index is -0.366. The lowest BCUT2D eigenvalue weighted by atomic mass is 10.0. The number of hydrogen-bond donors (Lipinski definition) is 2. The number of rotatable bonds is 7. The van der Waals surface area contributed by atoms with Crippen molar-refractivity contribution < 1.29 is 9.59 Å². The van der Waals surface area contributed by atoms with Crippen LogP contribution in [0.4, 0.5) is 11.4 Å². The molecule has 0 heterocycles. The smallest absolute Gasteiger partial charge is 0.246 e. The molecule has 0 saturated heterocycles. The summed E-state index contributed by atoms with van der Waals surface area (Å²) in [4.78, 5) is 26.5. The summed E-state index contributed by atoms with van der Waals surface area (Å²) in [5, 5.41) is 5.79. The second-order valence-electron chi connectivity index (χ2n) is 6.23. The molecule has 1 atom stereocenters. The molecule has 0 aliphatic rings. The Balaban J connectivity index is 2.31. The first-order valence-corrected chi connectivity index (χ1v) is 8.94. The van der Waals surface area contributed by atoms with Crippen LogP contribution >= 0.6 is 0 Å². The maximum atomic E-state index is 13.1. The van der Waals surface area contributed by atoms with Gasteiger partial charge in [0.2, 0.25) is 11.8 Å². The van der Waals surface area contributed by atoms with Gasteiger partial charge in [0, 0.05) is 18.3 Å². The van der Waals surface area contributed by atoms with Crippen LogP contribution in [0.25, 0.3) is 0 Å². The Morgan fingerprint density at radius 3 is 2.23 bits per heavy atom. The van der Waals surface area contributed by atoms with Crippen LogP contribution in [0.15, 0.2) is 48.5 Å². The Morgan fingerprint density at radius 2 is 1.65 bits per heavy atom. The Morgan fingerprint density at radius 1 is 1.00 bits per heavy atom. The van der Waals surface area contributed by atoms with Gasteiger partial charge in [-0.15, -0.1) is 0 Å². The number of carbonyl (C=O) groups excluding carboxylic acids is 2. The van der Waals surface area contributed by atoms with Crippen molar-refractivity contribution in [2.45, 2.75) is 33.7 Å². The summed E-state index contributed by atoms with van der Waals surface area (Å²) in [6.45, 7) is 9.04. The van der Waals surface area contributed by atoms with Crippen LogP contribution < -0.4 is 10.6 Å². The maximum absolute atomic E-state index is 13.1. The highest BCUT2D eigenvalue weighted by Crippen LogP contribution is 2.25. The Kier molecular flexibility index (Phi) is 6.92. The van der Waals surface area contributed by atoms with Crippen molar-refractivity contribution >= 4 is 23.2 Å². The molecule has 0 saturated carbocycles. The van der Waals surface area contributed by atoms with Gasteiger partial charge in [0.1, 0.15) is 6.04 Å². The van der Waals surface area contributed by atoms with E-state index in [0.29, 0.717) is 11.4 Å². The number of nitrogens with zero attached hydrogens (tertiary/aromatic N) is 1. The van der Waals surface area contributed by atoms with Crippen LogP contribution in [0.5, 0.6) is 0 Å². The molecular formula is C21H27N3O2. The number of anilines is 2. The molecule has 0 aliphatic carbocycles. The van der Waals surface area contributed by atoms with Gasteiger partial charge in [0.25, 0.3) is 0 Å². The summed E-state index contributed by atoms with van der Waals surface area (Å²) in [6.07, 6.45) is 0. The summed E-state index contributed by atoms with van der Waals surface area (Å²) in [5.74, 6) is -0.223. The first-order valence-electron chi connectivity index (χ1n) is 8.94. The number of amides is 2. The highest BCUT2D eigenvalue weighted by molar-refractivity contribution is 5.97. The van der Waals surface area contributed by atoms with Gasteiger partial charge in [0.15, 0.2) is 0 Å². The van der Waals surface area contributed by atoms with Crippen molar-refractivity contribution in [3.8, 4) is 0 Å². The molecule has 0 aliphatic heterocycles. The lowest BCUT2D eigenvalue weighted by molar-refractivity contribution is -0.121. The van der Waals surface area contributed by atoms with E-state index in [1.165, 1.54) is 6.92 Å². The minimum absolute atomic E-state index is 0.0806. The Labute approximate surface area is 155 Å². The van der Waals surface area contributed by atoms with E-state index in [9.17, 15) is 9.59 Å². The van der Waals surface area contributed by atoms with E-state index in [1.807, 2.05) is 49.4 Å². The largest absolute Gasteiger partial charge is 0.326 e. The molecule has 2 N–H and O–H groups in total. The van der Waals surface area contributed by atoms with Gasteiger partial charge in [-0.25, -0.2) is 0 Å². The first-order chi connectivity index (χ1) is 12.5. The minimum Gasteiger partial charge on any atom is -0.326 e. The van der Waals surface area contributed by atoms with Crippen LogP contribution in [-0.2, 0) is 9.59 Å². The molecule has 2 amide bonds. The number of nitrogens with one attached hydrogen (secondary N) is 2. The van der Waals surface area contributed by atoms with Crippen LogP contribution in [0.1, 0.15) is 37.9 Å². The van der Waals surface area contributed by atoms with Gasteiger partial charge in [-0.1, -0.05) is 50.2 Å². The van der Waals surface area contributed by atoms with Crippen molar-refractivity contribution in [2.24, 2.45) is 0 Å². The summed E-state index contributed by atoms with van der Waals surface area (Å²) < 4.78 is 0. The van der Waals surface area contributed by atoms with Crippen LogP contribution in [0.2, 0.25) is 0 Å². The van der Waals surface area contributed by atoms with Gasteiger partial charge in [-0.3, -0.25) is 14.5 Å². The molecule has 0 radical (unpaired) electrons. The van der Waals surface area contributed by atoms with E-state index >= 15 is 0 Å². The van der Waals surface area contributed by atoms with Gasteiger partial charge in [-0.2, -0.15) is 0 Å². The number of hydrogen-bond acceptors (Lipinski definition) is 3. The fourth-order valence-electron chi connectivity index (χ4n) is 2.99. The summed E-state index contributed by atoms with van der Waals surface area (Å²) in [7, 11) is 0. The predicted molar refractivity (Wildman–Crippen MR) is 106 cm³/mol. The summed E-state index contributed by atoms with van der Waals surface area (Å²) in [6, 6.07) is 14.9. The van der Waals surface area contributed by atoms with Crippen LogP contribution in [0, 0.1) is 6.92 Å². The van der Waals surface area contributed by atoms with E-state index in [2.05, 4.69) is 29.4 Å². The SMILES string of the molecule is CCN(CC)[C@H](C(=O)Nc1cc(NC(C)=O)ccc1C)c1ccccc1. The standard InChI is InChI=1S/C21H27N3O2/c1-5-24(6-2)20(17-10-8-7-9-11-17)21(26)23-19-14-18(22-16(4)25)13-12-15(19)3/h7-14,20H,5-6H2,1-4H3,(H,22,25)(H,23,26)/t20-/m0/s1.